The Balaban J connectivity index is 1.67. The number of hydrogen-bond acceptors (Lipinski definition) is 6. The van der Waals surface area contributed by atoms with E-state index in [1.54, 1.807) is 6.92 Å². The number of Topliss-reactive ketones (excluding diaryl/α,β-unsaturated/α-hetero) is 1. The average Bonchev–Trinajstić information content (AvgIpc) is 2.28. The fourth-order valence-corrected chi connectivity index (χ4v) is 2.19. The normalized spacial score (nSPS) is 38.9. The highest BCUT2D eigenvalue weighted by atomic mass is 16.7. The smallest absolute Gasteiger partial charge is 0.175 e. The number of fused-ring (bicyclic) bond motifs is 1. The van der Waals surface area contributed by atoms with Crippen molar-refractivity contribution in [2.75, 3.05) is 13.2 Å². The van der Waals surface area contributed by atoms with E-state index in [0.717, 1.165) is 12.8 Å². The van der Waals surface area contributed by atoms with Crippen molar-refractivity contribution in [3.05, 3.63) is 0 Å². The molecule has 104 valence electrons. The van der Waals surface area contributed by atoms with Crippen molar-refractivity contribution in [1.82, 2.24) is 0 Å². The van der Waals surface area contributed by atoms with Gasteiger partial charge in [0.15, 0.2) is 6.29 Å². The van der Waals surface area contributed by atoms with E-state index in [1.165, 1.54) is 0 Å². The summed E-state index contributed by atoms with van der Waals surface area (Å²) in [5, 5.41) is 9.86. The summed E-state index contributed by atoms with van der Waals surface area (Å²) in [6.45, 7) is 2.55. The van der Waals surface area contributed by atoms with E-state index in [9.17, 15) is 9.90 Å². The first kappa shape index (κ1) is 13.9. The Hall–Kier alpha value is -0.530. The van der Waals surface area contributed by atoms with Crippen LogP contribution in [0.4, 0.5) is 0 Å². The Morgan fingerprint density at radius 2 is 2.28 bits per heavy atom. The van der Waals surface area contributed by atoms with Crippen LogP contribution in [0, 0.1) is 0 Å². The van der Waals surface area contributed by atoms with Gasteiger partial charge in [0.1, 0.15) is 24.1 Å². The molecule has 2 aliphatic rings. The molecule has 0 radical (unpaired) electrons. The molecule has 0 aromatic carbocycles. The van der Waals surface area contributed by atoms with E-state index in [1.807, 2.05) is 0 Å². The Labute approximate surface area is 106 Å². The summed E-state index contributed by atoms with van der Waals surface area (Å²) in [4.78, 5) is 10.8. The van der Waals surface area contributed by atoms with Crippen molar-refractivity contribution >= 4 is 5.78 Å². The number of unbranched alkanes of at least 4 members (excludes halogenated alkanes) is 1. The number of ether oxygens (including phenoxy) is 3. The molecule has 6 heteroatoms. The molecule has 0 aliphatic carbocycles. The Bertz CT molecular complexity index is 298. The van der Waals surface area contributed by atoms with Gasteiger partial charge in [0.25, 0.3) is 0 Å². The SMILES string of the molecule is CC(=O)CCCCOC1OC2CO[C@@H]2[C@H](O)[C@@H]1N. The van der Waals surface area contributed by atoms with Gasteiger partial charge < -0.3 is 29.8 Å². The fraction of sp³-hybridized carbons (Fsp3) is 0.917. The van der Waals surface area contributed by atoms with Gasteiger partial charge in [0, 0.05) is 13.0 Å². The third-order valence-corrected chi connectivity index (χ3v) is 3.38. The van der Waals surface area contributed by atoms with Crippen LogP contribution in [0.2, 0.25) is 0 Å². The summed E-state index contributed by atoms with van der Waals surface area (Å²) in [5.74, 6) is 0.186. The number of carbonyl (C=O) groups is 1. The summed E-state index contributed by atoms with van der Waals surface area (Å²) >= 11 is 0. The highest BCUT2D eigenvalue weighted by Crippen LogP contribution is 2.29. The van der Waals surface area contributed by atoms with E-state index in [-0.39, 0.29) is 18.0 Å². The monoisotopic (exact) mass is 259 g/mol. The first-order chi connectivity index (χ1) is 8.59. The van der Waals surface area contributed by atoms with Crippen LogP contribution in [0.5, 0.6) is 0 Å². The van der Waals surface area contributed by atoms with Crippen LogP contribution < -0.4 is 5.73 Å². The molecule has 18 heavy (non-hydrogen) atoms. The Morgan fingerprint density at radius 1 is 1.50 bits per heavy atom. The number of aliphatic hydroxyl groups excluding tert-OH is 1. The van der Waals surface area contributed by atoms with Crippen molar-refractivity contribution in [3.63, 3.8) is 0 Å². The van der Waals surface area contributed by atoms with Gasteiger partial charge in [-0.1, -0.05) is 0 Å². The van der Waals surface area contributed by atoms with Crippen LogP contribution in [0.3, 0.4) is 0 Å². The molecule has 5 atom stereocenters. The van der Waals surface area contributed by atoms with Gasteiger partial charge in [-0.05, 0) is 19.8 Å². The largest absolute Gasteiger partial charge is 0.388 e. The van der Waals surface area contributed by atoms with Gasteiger partial charge in [0.2, 0.25) is 0 Å². The molecular weight excluding hydrogens is 238 g/mol. The predicted octanol–water partition coefficient (Wildman–Crippen LogP) is -0.426. The number of rotatable bonds is 6. The second-order valence-electron chi connectivity index (χ2n) is 4.94. The lowest BCUT2D eigenvalue weighted by molar-refractivity contribution is -0.324. The maximum atomic E-state index is 10.8. The van der Waals surface area contributed by atoms with Crippen molar-refractivity contribution in [3.8, 4) is 0 Å². The summed E-state index contributed by atoms with van der Waals surface area (Å²) in [7, 11) is 0. The first-order valence-corrected chi connectivity index (χ1v) is 6.41. The van der Waals surface area contributed by atoms with Gasteiger partial charge in [-0.2, -0.15) is 0 Å². The molecule has 0 aromatic rings. The third kappa shape index (κ3) is 3.07. The topological polar surface area (TPSA) is 91.0 Å². The van der Waals surface area contributed by atoms with Crippen molar-refractivity contribution in [1.29, 1.82) is 0 Å². The highest BCUT2D eigenvalue weighted by molar-refractivity contribution is 5.75. The van der Waals surface area contributed by atoms with Crippen LogP contribution in [-0.2, 0) is 19.0 Å². The molecule has 0 aromatic heterocycles. The standard InChI is InChI=1S/C12H21NO5/c1-7(14)4-2-3-5-16-12-9(13)10(15)11-8(18-12)6-17-11/h8-12,15H,2-6,13H2,1H3/t8?,9-,10+,11-,12?/m0/s1. The summed E-state index contributed by atoms with van der Waals surface area (Å²) in [6.07, 6.45) is 0.422. The zero-order valence-corrected chi connectivity index (χ0v) is 10.6. The zero-order chi connectivity index (χ0) is 13.1. The van der Waals surface area contributed by atoms with Crippen molar-refractivity contribution in [2.45, 2.75) is 56.8 Å². The summed E-state index contributed by atoms with van der Waals surface area (Å²) < 4.78 is 16.3. The van der Waals surface area contributed by atoms with E-state index in [0.29, 0.717) is 19.6 Å². The summed E-state index contributed by atoms with van der Waals surface area (Å²) in [6, 6.07) is -0.584. The van der Waals surface area contributed by atoms with Crippen molar-refractivity contribution in [2.24, 2.45) is 5.73 Å². The van der Waals surface area contributed by atoms with Crippen LogP contribution in [-0.4, -0.2) is 54.7 Å². The van der Waals surface area contributed by atoms with Gasteiger partial charge in [-0.3, -0.25) is 0 Å². The number of ketones is 1. The molecule has 2 saturated heterocycles. The van der Waals surface area contributed by atoms with Crippen LogP contribution in [0.15, 0.2) is 0 Å². The Morgan fingerprint density at radius 3 is 2.89 bits per heavy atom. The number of carbonyl (C=O) groups excluding carboxylic acids is 1. The van der Waals surface area contributed by atoms with Gasteiger partial charge in [-0.25, -0.2) is 0 Å². The maximum Gasteiger partial charge on any atom is 0.175 e. The first-order valence-electron chi connectivity index (χ1n) is 6.41. The zero-order valence-electron chi connectivity index (χ0n) is 10.6. The van der Waals surface area contributed by atoms with Crippen molar-refractivity contribution < 1.29 is 24.1 Å². The molecule has 0 spiro atoms. The third-order valence-electron chi connectivity index (χ3n) is 3.38. The second kappa shape index (κ2) is 6.08. The minimum atomic E-state index is -0.736. The van der Waals surface area contributed by atoms with E-state index in [4.69, 9.17) is 19.9 Å². The maximum absolute atomic E-state index is 10.8. The molecule has 3 N–H and O–H groups in total. The molecule has 2 rings (SSSR count). The molecule has 6 nitrogen and oxygen atoms in total. The Kier molecular flexibility index (Phi) is 4.69. The van der Waals surface area contributed by atoms with Crippen LogP contribution in [0.1, 0.15) is 26.2 Å². The molecular formula is C12H21NO5. The van der Waals surface area contributed by atoms with Gasteiger partial charge in [0.05, 0.1) is 12.6 Å². The molecule has 2 heterocycles. The lowest BCUT2D eigenvalue weighted by Gasteiger charge is -2.48. The van der Waals surface area contributed by atoms with E-state index in [2.05, 4.69) is 0 Å². The fourth-order valence-electron chi connectivity index (χ4n) is 2.19. The number of aliphatic hydroxyl groups is 1. The lowest BCUT2D eigenvalue weighted by atomic mass is 9.94. The molecule has 2 unspecified atom stereocenters. The average molecular weight is 259 g/mol. The van der Waals surface area contributed by atoms with Gasteiger partial charge >= 0.3 is 0 Å². The molecule has 2 fully saturated rings. The highest BCUT2D eigenvalue weighted by Gasteiger charge is 2.49. The lowest BCUT2D eigenvalue weighted by Crippen LogP contribution is -2.68. The number of nitrogens with two attached hydrogens (primary N) is 1. The molecule has 0 bridgehead atoms. The van der Waals surface area contributed by atoms with E-state index >= 15 is 0 Å². The predicted molar refractivity (Wildman–Crippen MR) is 62.9 cm³/mol. The van der Waals surface area contributed by atoms with E-state index < -0.39 is 18.4 Å². The number of hydrogen-bond donors (Lipinski definition) is 2. The second-order valence-corrected chi connectivity index (χ2v) is 4.94. The minimum Gasteiger partial charge on any atom is -0.388 e. The molecule has 0 amide bonds. The van der Waals surface area contributed by atoms with Gasteiger partial charge in [-0.15, -0.1) is 0 Å². The molecule has 0 saturated carbocycles. The van der Waals surface area contributed by atoms with Crippen LogP contribution >= 0.6 is 0 Å². The minimum absolute atomic E-state index is 0.109. The van der Waals surface area contributed by atoms with Crippen LogP contribution in [0.25, 0.3) is 0 Å². The summed E-state index contributed by atoms with van der Waals surface area (Å²) in [5.41, 5.74) is 5.84. The quantitative estimate of drug-likeness (QED) is 0.629. The molecule has 2 aliphatic heterocycles.